The summed E-state index contributed by atoms with van der Waals surface area (Å²) in [6, 6.07) is 12.9. The molecule has 276 valence electrons. The average Bonchev–Trinajstić information content (AvgIpc) is 3.50. The second-order valence-electron chi connectivity index (χ2n) is 16.6. The van der Waals surface area contributed by atoms with E-state index >= 15 is 0 Å². The Hall–Kier alpha value is -3.96. The molecule has 2 spiro atoms. The minimum Gasteiger partial charge on any atom is -0.457 e. The number of carbonyl (C=O) groups is 4. The fraction of sp³-hybridized carbons (Fsp3) is 0.600. The van der Waals surface area contributed by atoms with Crippen molar-refractivity contribution in [2.75, 3.05) is 9.80 Å². The predicted octanol–water partition coefficient (Wildman–Crippen LogP) is 7.00. The molecule has 4 aliphatic rings. The highest BCUT2D eigenvalue weighted by atomic mass is 16.5. The molecule has 4 saturated heterocycles. The van der Waals surface area contributed by atoms with Gasteiger partial charge in [0.2, 0.25) is 0 Å². The van der Waals surface area contributed by atoms with Gasteiger partial charge in [-0.3, -0.25) is 9.59 Å². The number of amides is 6. The van der Waals surface area contributed by atoms with Gasteiger partial charge in [0.1, 0.15) is 22.6 Å². The molecule has 4 N–H and O–H groups in total. The van der Waals surface area contributed by atoms with Gasteiger partial charge in [0.05, 0.1) is 11.4 Å². The standard InChI is InChI=1S/C40H56N6O5/c1-11-35(7)23-39(25(5)37(9,13-3)43-35)31(47)45(33(49)41-39)27-15-19-29(20-16-27)51-30-21-17-28(18-22-30)46-32(48)40(42-34(46)50)24-36(8,12-2)44-38(10,14-4)26(40)6/h15-22,25-26,43-44H,11-14,23-24H2,1-10H3,(H,41,49)(H,42,50). The number of piperidine rings is 2. The maximum Gasteiger partial charge on any atom is 0.329 e. The Morgan fingerprint density at radius 1 is 0.588 bits per heavy atom. The van der Waals surface area contributed by atoms with Gasteiger partial charge in [-0.15, -0.1) is 0 Å². The fourth-order valence-electron chi connectivity index (χ4n) is 9.47. The minimum atomic E-state index is -1.01. The molecule has 11 nitrogen and oxygen atoms in total. The molecular formula is C40H56N6O5. The van der Waals surface area contributed by atoms with Gasteiger partial charge in [0, 0.05) is 34.0 Å². The van der Waals surface area contributed by atoms with Gasteiger partial charge in [-0.25, -0.2) is 19.4 Å². The SMILES string of the molecule is CCC1(C)CC2(NC(=O)N(c3ccc(Oc4ccc(N5C(=O)NC6(CC(C)(CC)NC(C)(CC)C6C)C5=O)cc4)cc3)C2=O)C(C)C(C)(CC)N1. The summed E-state index contributed by atoms with van der Waals surface area (Å²) in [5.74, 6) is 0.289. The lowest BCUT2D eigenvalue weighted by atomic mass is 9.61. The summed E-state index contributed by atoms with van der Waals surface area (Å²) >= 11 is 0. The molecule has 4 fully saturated rings. The van der Waals surface area contributed by atoms with Crippen LogP contribution in [0, 0.1) is 11.8 Å². The number of hydrogen-bond donors (Lipinski definition) is 4. The maximum absolute atomic E-state index is 14.2. The monoisotopic (exact) mass is 700 g/mol. The van der Waals surface area contributed by atoms with Crippen LogP contribution in [0.2, 0.25) is 0 Å². The molecule has 51 heavy (non-hydrogen) atoms. The first-order chi connectivity index (χ1) is 23.9. The zero-order valence-electron chi connectivity index (χ0n) is 32.0. The van der Waals surface area contributed by atoms with Crippen molar-refractivity contribution < 1.29 is 23.9 Å². The second kappa shape index (κ2) is 12.3. The van der Waals surface area contributed by atoms with Gasteiger partial charge in [0.15, 0.2) is 0 Å². The van der Waals surface area contributed by atoms with Crippen molar-refractivity contribution >= 4 is 35.3 Å². The summed E-state index contributed by atoms with van der Waals surface area (Å²) in [4.78, 5) is 57.9. The van der Waals surface area contributed by atoms with Crippen LogP contribution in [0.15, 0.2) is 48.5 Å². The number of benzene rings is 2. The molecule has 4 aliphatic heterocycles. The topological polar surface area (TPSA) is 132 Å². The molecule has 0 radical (unpaired) electrons. The van der Waals surface area contributed by atoms with Crippen molar-refractivity contribution in [3.8, 4) is 11.5 Å². The second-order valence-corrected chi connectivity index (χ2v) is 16.6. The lowest BCUT2D eigenvalue weighted by molar-refractivity contribution is -0.130. The Kier molecular flexibility index (Phi) is 8.90. The molecule has 11 heteroatoms. The van der Waals surface area contributed by atoms with Crippen LogP contribution < -0.4 is 35.8 Å². The first-order valence-electron chi connectivity index (χ1n) is 18.7. The summed E-state index contributed by atoms with van der Waals surface area (Å²) in [6.07, 6.45) is 4.29. The molecule has 0 aromatic heterocycles. The molecule has 2 aromatic carbocycles. The molecule has 0 saturated carbocycles. The van der Waals surface area contributed by atoms with Crippen LogP contribution >= 0.6 is 0 Å². The number of nitrogens with zero attached hydrogens (tertiary/aromatic N) is 2. The van der Waals surface area contributed by atoms with Crippen LogP contribution in [-0.4, -0.2) is 57.1 Å². The Morgan fingerprint density at radius 3 is 1.22 bits per heavy atom. The van der Waals surface area contributed by atoms with Crippen LogP contribution in [0.4, 0.5) is 21.0 Å². The molecule has 2 aromatic rings. The number of anilines is 2. The van der Waals surface area contributed by atoms with E-state index in [2.05, 4.69) is 90.5 Å². The smallest absolute Gasteiger partial charge is 0.329 e. The molecule has 8 unspecified atom stereocenters. The number of hydrogen-bond acceptors (Lipinski definition) is 7. The zero-order valence-corrected chi connectivity index (χ0v) is 32.0. The van der Waals surface area contributed by atoms with Gasteiger partial charge in [-0.1, -0.05) is 41.5 Å². The predicted molar refractivity (Wildman–Crippen MR) is 199 cm³/mol. The number of rotatable bonds is 8. The summed E-state index contributed by atoms with van der Waals surface area (Å²) in [5, 5.41) is 13.8. The van der Waals surface area contributed by atoms with Crippen molar-refractivity contribution in [3.05, 3.63) is 48.5 Å². The Labute approximate surface area is 302 Å². The Balaban J connectivity index is 1.18. The lowest BCUT2D eigenvalue weighted by Gasteiger charge is -2.56. The molecule has 0 bridgehead atoms. The summed E-state index contributed by atoms with van der Waals surface area (Å²) < 4.78 is 6.12. The lowest BCUT2D eigenvalue weighted by Crippen LogP contribution is -2.74. The third-order valence-corrected chi connectivity index (χ3v) is 13.6. The highest BCUT2D eigenvalue weighted by molar-refractivity contribution is 6.24. The van der Waals surface area contributed by atoms with E-state index in [4.69, 9.17) is 4.74 Å². The van der Waals surface area contributed by atoms with E-state index in [0.29, 0.717) is 35.7 Å². The van der Waals surface area contributed by atoms with Crippen LogP contribution in [0.25, 0.3) is 0 Å². The van der Waals surface area contributed by atoms with E-state index in [9.17, 15) is 19.2 Å². The summed E-state index contributed by atoms with van der Waals surface area (Å²) in [5.41, 5.74) is -2.37. The van der Waals surface area contributed by atoms with Gasteiger partial charge < -0.3 is 26.0 Å². The average molecular weight is 701 g/mol. The Morgan fingerprint density at radius 2 is 0.922 bits per heavy atom. The number of carbonyl (C=O) groups excluding carboxylic acids is 4. The highest BCUT2D eigenvalue weighted by Gasteiger charge is 2.65. The quantitative estimate of drug-likeness (QED) is 0.218. The normalized spacial score (nSPS) is 38.1. The van der Waals surface area contributed by atoms with Crippen LogP contribution in [0.5, 0.6) is 11.5 Å². The third kappa shape index (κ3) is 5.62. The van der Waals surface area contributed by atoms with E-state index in [1.807, 2.05) is 0 Å². The fourth-order valence-corrected chi connectivity index (χ4v) is 9.47. The van der Waals surface area contributed by atoms with E-state index in [1.54, 1.807) is 48.5 Å². The number of nitrogens with one attached hydrogen (secondary N) is 4. The van der Waals surface area contributed by atoms with Gasteiger partial charge >= 0.3 is 12.1 Å². The van der Waals surface area contributed by atoms with E-state index in [-0.39, 0.29) is 45.8 Å². The summed E-state index contributed by atoms with van der Waals surface area (Å²) in [6.45, 7) is 21.1. The molecule has 0 aliphatic carbocycles. The molecule has 6 amide bonds. The van der Waals surface area contributed by atoms with Crippen LogP contribution in [-0.2, 0) is 9.59 Å². The zero-order chi connectivity index (χ0) is 37.4. The van der Waals surface area contributed by atoms with E-state index in [0.717, 1.165) is 25.7 Å². The van der Waals surface area contributed by atoms with Crippen molar-refractivity contribution in [2.24, 2.45) is 11.8 Å². The first kappa shape index (κ1) is 36.8. The number of ether oxygens (including phenoxy) is 1. The first-order valence-corrected chi connectivity index (χ1v) is 18.7. The van der Waals surface area contributed by atoms with Crippen LogP contribution in [0.1, 0.15) is 108 Å². The largest absolute Gasteiger partial charge is 0.457 e. The van der Waals surface area contributed by atoms with E-state index < -0.39 is 23.1 Å². The van der Waals surface area contributed by atoms with Gasteiger partial charge in [-0.2, -0.15) is 0 Å². The van der Waals surface area contributed by atoms with E-state index in [1.165, 1.54) is 9.80 Å². The molecule has 4 heterocycles. The van der Waals surface area contributed by atoms with Gasteiger partial charge in [0.25, 0.3) is 11.8 Å². The molecular weight excluding hydrogens is 644 g/mol. The third-order valence-electron chi connectivity index (χ3n) is 13.6. The van der Waals surface area contributed by atoms with Crippen LogP contribution in [0.3, 0.4) is 0 Å². The van der Waals surface area contributed by atoms with Gasteiger partial charge in [-0.05, 0) is 115 Å². The van der Waals surface area contributed by atoms with Crippen molar-refractivity contribution in [1.29, 1.82) is 0 Å². The number of imide groups is 2. The Bertz CT molecular complexity index is 1610. The maximum atomic E-state index is 14.2. The number of urea groups is 2. The highest BCUT2D eigenvalue weighted by Crippen LogP contribution is 2.49. The minimum absolute atomic E-state index is 0.134. The van der Waals surface area contributed by atoms with Crippen molar-refractivity contribution in [2.45, 2.75) is 141 Å². The molecule has 6 rings (SSSR count). The molecule has 8 atom stereocenters. The van der Waals surface area contributed by atoms with Crippen molar-refractivity contribution in [1.82, 2.24) is 21.3 Å². The van der Waals surface area contributed by atoms with Crippen molar-refractivity contribution in [3.63, 3.8) is 0 Å². The summed E-state index contributed by atoms with van der Waals surface area (Å²) in [7, 11) is 0.